The van der Waals surface area contributed by atoms with Gasteiger partial charge in [-0.2, -0.15) is 0 Å². The zero-order valence-corrected chi connectivity index (χ0v) is 15.7. The molecule has 0 saturated heterocycles. The molecule has 3 rings (SSSR count). The predicted molar refractivity (Wildman–Crippen MR) is 106 cm³/mol. The topological polar surface area (TPSA) is 75.6 Å². The van der Waals surface area contributed by atoms with Crippen molar-refractivity contribution in [2.45, 2.75) is 38.8 Å². The quantitative estimate of drug-likeness (QED) is 0.667. The molecule has 0 fully saturated rings. The minimum atomic E-state index is -1.10. The summed E-state index contributed by atoms with van der Waals surface area (Å²) < 4.78 is 5.16. The fourth-order valence-electron chi connectivity index (χ4n) is 3.00. The van der Waals surface area contributed by atoms with Crippen molar-refractivity contribution in [3.8, 4) is 0 Å². The average Bonchev–Trinajstić information content (AvgIpc) is 2.57. The Kier molecular flexibility index (Phi) is 5.04. The molecular weight excluding hydrogens is 342 g/mol. The number of carbonyl (C=O) groups is 2. The Bertz CT molecular complexity index is 1000. The number of hydrogen-bond donors (Lipinski definition) is 2. The summed E-state index contributed by atoms with van der Waals surface area (Å²) in [6.45, 7) is 5.20. The second kappa shape index (κ2) is 7.27. The van der Waals surface area contributed by atoms with Crippen molar-refractivity contribution < 1.29 is 19.4 Å². The molecule has 0 aromatic heterocycles. The van der Waals surface area contributed by atoms with Crippen molar-refractivity contribution in [2.24, 2.45) is 0 Å². The normalized spacial score (nSPS) is 12.7. The van der Waals surface area contributed by atoms with Gasteiger partial charge in [0.25, 0.3) is 0 Å². The van der Waals surface area contributed by atoms with Crippen LogP contribution >= 0.6 is 0 Å². The zero-order valence-electron chi connectivity index (χ0n) is 15.7. The summed E-state index contributed by atoms with van der Waals surface area (Å²) >= 11 is 0. The molecule has 140 valence electrons. The molecule has 0 radical (unpaired) electrons. The highest BCUT2D eigenvalue weighted by Gasteiger charge is 2.24. The van der Waals surface area contributed by atoms with Gasteiger partial charge in [-0.05, 0) is 60.0 Å². The highest BCUT2D eigenvalue weighted by molar-refractivity contribution is 5.98. The molecule has 5 nitrogen and oxygen atoms in total. The van der Waals surface area contributed by atoms with E-state index in [4.69, 9.17) is 4.74 Å². The van der Waals surface area contributed by atoms with Crippen LogP contribution in [0.3, 0.4) is 0 Å². The van der Waals surface area contributed by atoms with Crippen LogP contribution in [0.15, 0.2) is 54.6 Å². The number of carbonyl (C=O) groups excluding carboxylic acids is 1. The third kappa shape index (κ3) is 4.76. The van der Waals surface area contributed by atoms with Crippen LogP contribution in [0, 0.1) is 0 Å². The lowest BCUT2D eigenvalue weighted by Crippen LogP contribution is -2.44. The highest BCUT2D eigenvalue weighted by Crippen LogP contribution is 2.24. The van der Waals surface area contributed by atoms with Crippen LogP contribution < -0.4 is 5.32 Å². The van der Waals surface area contributed by atoms with Gasteiger partial charge in [0.15, 0.2) is 0 Å². The Morgan fingerprint density at radius 3 is 2.15 bits per heavy atom. The monoisotopic (exact) mass is 365 g/mol. The van der Waals surface area contributed by atoms with Gasteiger partial charge in [-0.3, -0.25) is 0 Å². The van der Waals surface area contributed by atoms with Gasteiger partial charge in [0, 0.05) is 6.42 Å². The van der Waals surface area contributed by atoms with Crippen molar-refractivity contribution in [2.75, 3.05) is 0 Å². The third-order valence-corrected chi connectivity index (χ3v) is 4.20. The van der Waals surface area contributed by atoms with Crippen LogP contribution in [-0.4, -0.2) is 28.8 Å². The second-order valence-electron chi connectivity index (χ2n) is 7.62. The molecule has 2 N–H and O–H groups in total. The molecule has 5 heteroatoms. The molecule has 1 atom stereocenters. The number of carboxylic acid groups (broad SMARTS) is 1. The van der Waals surface area contributed by atoms with Gasteiger partial charge in [0.1, 0.15) is 11.6 Å². The first kappa shape index (κ1) is 18.7. The Hall–Kier alpha value is -3.08. The van der Waals surface area contributed by atoms with Crippen molar-refractivity contribution in [1.29, 1.82) is 0 Å². The number of rotatable bonds is 4. The molecule has 3 aromatic carbocycles. The molecule has 0 aliphatic heterocycles. The fraction of sp³-hybridized carbons (Fsp3) is 0.273. The standard InChI is InChI=1S/C22H23NO4/c1-22(2,3)27-21(26)23-19(20(24)25)11-14-8-9-17-12-15-6-4-5-7-16(15)13-18(17)10-14/h4-10,12-13,19H,11H2,1-3H3,(H,23,26)(H,24,25)/t19-/m0/s1. The van der Waals surface area contributed by atoms with E-state index >= 15 is 0 Å². The average molecular weight is 365 g/mol. The van der Waals surface area contributed by atoms with Gasteiger partial charge in [-0.15, -0.1) is 0 Å². The number of carboxylic acids is 1. The van der Waals surface area contributed by atoms with Gasteiger partial charge in [0.05, 0.1) is 0 Å². The highest BCUT2D eigenvalue weighted by atomic mass is 16.6. The lowest BCUT2D eigenvalue weighted by molar-refractivity contribution is -0.139. The number of fused-ring (bicyclic) bond motifs is 2. The maximum Gasteiger partial charge on any atom is 0.408 e. The first-order chi connectivity index (χ1) is 12.7. The van der Waals surface area contributed by atoms with Gasteiger partial charge in [-0.25, -0.2) is 9.59 Å². The summed E-state index contributed by atoms with van der Waals surface area (Å²) in [5.74, 6) is -1.10. The molecule has 0 bridgehead atoms. The van der Waals surface area contributed by atoms with E-state index in [-0.39, 0.29) is 6.42 Å². The predicted octanol–water partition coefficient (Wildman–Crippen LogP) is 4.51. The minimum Gasteiger partial charge on any atom is -0.480 e. The molecule has 0 saturated carbocycles. The Labute approximate surface area is 157 Å². The van der Waals surface area contributed by atoms with Crippen LogP contribution in [0.25, 0.3) is 21.5 Å². The molecule has 0 heterocycles. The van der Waals surface area contributed by atoms with Crippen LogP contribution in [0.4, 0.5) is 4.79 Å². The maximum atomic E-state index is 11.9. The van der Waals surface area contributed by atoms with Crippen LogP contribution in [0.1, 0.15) is 26.3 Å². The molecular formula is C22H23NO4. The smallest absolute Gasteiger partial charge is 0.408 e. The zero-order chi connectivity index (χ0) is 19.6. The number of ether oxygens (including phenoxy) is 1. The number of aliphatic carboxylic acids is 1. The maximum absolute atomic E-state index is 11.9. The second-order valence-corrected chi connectivity index (χ2v) is 7.62. The molecule has 0 unspecified atom stereocenters. The number of benzene rings is 3. The van der Waals surface area contributed by atoms with E-state index in [1.54, 1.807) is 20.8 Å². The summed E-state index contributed by atoms with van der Waals surface area (Å²) in [7, 11) is 0. The summed E-state index contributed by atoms with van der Waals surface area (Å²) in [5, 5.41) is 16.3. The Morgan fingerprint density at radius 1 is 0.963 bits per heavy atom. The Morgan fingerprint density at radius 2 is 1.56 bits per heavy atom. The van der Waals surface area contributed by atoms with Crippen LogP contribution in [0.2, 0.25) is 0 Å². The van der Waals surface area contributed by atoms with E-state index in [2.05, 4.69) is 23.5 Å². The summed E-state index contributed by atoms with van der Waals surface area (Å²) in [4.78, 5) is 23.5. The number of nitrogens with one attached hydrogen (secondary N) is 1. The lowest BCUT2D eigenvalue weighted by Gasteiger charge is -2.22. The van der Waals surface area contributed by atoms with Crippen molar-refractivity contribution >= 4 is 33.6 Å². The summed E-state index contributed by atoms with van der Waals surface area (Å²) in [5.41, 5.74) is 0.151. The minimum absolute atomic E-state index is 0.178. The van der Waals surface area contributed by atoms with Gasteiger partial charge < -0.3 is 15.2 Å². The molecule has 27 heavy (non-hydrogen) atoms. The molecule has 1 amide bonds. The third-order valence-electron chi connectivity index (χ3n) is 4.20. The lowest BCUT2D eigenvalue weighted by atomic mass is 9.99. The van der Waals surface area contributed by atoms with Crippen LogP contribution in [0.5, 0.6) is 0 Å². The number of alkyl carbamates (subject to hydrolysis) is 1. The van der Waals surface area contributed by atoms with E-state index in [1.807, 2.05) is 36.4 Å². The van der Waals surface area contributed by atoms with Gasteiger partial charge >= 0.3 is 12.1 Å². The molecule has 0 aliphatic rings. The van der Waals surface area contributed by atoms with E-state index in [1.165, 1.54) is 0 Å². The van der Waals surface area contributed by atoms with Crippen molar-refractivity contribution in [3.63, 3.8) is 0 Å². The van der Waals surface area contributed by atoms with E-state index in [0.717, 1.165) is 27.1 Å². The molecule has 3 aromatic rings. The van der Waals surface area contributed by atoms with E-state index in [9.17, 15) is 14.7 Å². The molecule has 0 spiro atoms. The first-order valence-corrected chi connectivity index (χ1v) is 8.85. The van der Waals surface area contributed by atoms with Crippen LogP contribution in [-0.2, 0) is 16.0 Å². The first-order valence-electron chi connectivity index (χ1n) is 8.85. The fourth-order valence-corrected chi connectivity index (χ4v) is 3.00. The summed E-state index contributed by atoms with van der Waals surface area (Å²) in [6, 6.07) is 17.1. The number of hydrogen-bond acceptors (Lipinski definition) is 3. The van der Waals surface area contributed by atoms with Crippen molar-refractivity contribution in [1.82, 2.24) is 5.32 Å². The Balaban J connectivity index is 1.83. The number of amides is 1. The van der Waals surface area contributed by atoms with Crippen molar-refractivity contribution in [3.05, 3.63) is 60.2 Å². The van der Waals surface area contributed by atoms with Gasteiger partial charge in [0.2, 0.25) is 0 Å². The largest absolute Gasteiger partial charge is 0.480 e. The summed E-state index contributed by atoms with van der Waals surface area (Å²) in [6.07, 6.45) is -0.557. The molecule has 0 aliphatic carbocycles. The SMILES string of the molecule is CC(C)(C)OC(=O)N[C@@H](Cc1ccc2cc3ccccc3cc2c1)C(=O)O. The van der Waals surface area contributed by atoms with E-state index in [0.29, 0.717) is 0 Å². The van der Waals surface area contributed by atoms with E-state index < -0.39 is 23.7 Å². The van der Waals surface area contributed by atoms with Gasteiger partial charge in [-0.1, -0.05) is 42.5 Å².